The number of alkyl halides is 3. The van der Waals surface area contributed by atoms with E-state index in [-0.39, 0.29) is 16.9 Å². The molecule has 1 heterocycles. The smallest absolute Gasteiger partial charge is 0.261 e. The second kappa shape index (κ2) is 8.06. The Kier molecular flexibility index (Phi) is 6.51. The van der Waals surface area contributed by atoms with E-state index in [0.717, 1.165) is 44.4 Å². The van der Waals surface area contributed by atoms with Gasteiger partial charge in [-0.2, -0.15) is 13.2 Å². The fraction of sp³-hybridized carbons (Fsp3) is 0.722. The molecule has 0 unspecified atom stereocenters. The molecule has 0 radical (unpaired) electrons. The summed E-state index contributed by atoms with van der Waals surface area (Å²) in [4.78, 5) is 3.91. The largest absolute Gasteiger partial charge is 0.417 e. The first-order valence-electron chi connectivity index (χ1n) is 8.81. The zero-order chi connectivity index (χ0) is 18.7. The van der Waals surface area contributed by atoms with Crippen LogP contribution in [0.1, 0.15) is 57.2 Å². The van der Waals surface area contributed by atoms with Crippen molar-refractivity contribution in [2.24, 2.45) is 11.8 Å². The van der Waals surface area contributed by atoms with E-state index in [9.17, 15) is 21.6 Å². The molecule has 0 aromatic carbocycles. The van der Waals surface area contributed by atoms with Gasteiger partial charge in [0.15, 0.2) is 9.84 Å². The highest BCUT2D eigenvalue weighted by molar-refractivity contribution is 7.91. The van der Waals surface area contributed by atoms with E-state index in [0.29, 0.717) is 18.0 Å². The number of halogens is 3. The molecule has 142 valence electrons. The maximum absolute atomic E-state index is 12.5. The Balaban J connectivity index is 1.77. The summed E-state index contributed by atoms with van der Waals surface area (Å²) in [7, 11) is -2.99. The number of rotatable bonds is 6. The molecule has 1 aliphatic carbocycles. The van der Waals surface area contributed by atoms with E-state index in [1.807, 2.05) is 0 Å². The van der Waals surface area contributed by atoms with Crippen molar-refractivity contribution < 1.29 is 21.6 Å². The first kappa shape index (κ1) is 20.2. The molecule has 1 saturated carbocycles. The molecule has 0 aliphatic heterocycles. The highest BCUT2D eigenvalue weighted by atomic mass is 32.2. The van der Waals surface area contributed by atoms with Gasteiger partial charge in [0.2, 0.25) is 0 Å². The molecule has 0 bridgehead atoms. The topological polar surface area (TPSA) is 47.0 Å². The Bertz CT molecular complexity index is 646. The van der Waals surface area contributed by atoms with Crippen LogP contribution in [-0.2, 0) is 22.4 Å². The minimum atomic E-state index is -4.35. The molecule has 0 amide bonds. The van der Waals surface area contributed by atoms with Gasteiger partial charge in [-0.05, 0) is 63.5 Å². The van der Waals surface area contributed by atoms with Gasteiger partial charge in [0.25, 0.3) is 0 Å². The lowest BCUT2D eigenvalue weighted by Crippen LogP contribution is -2.26. The molecule has 0 N–H and O–H groups in total. The summed E-state index contributed by atoms with van der Waals surface area (Å²) in [5.74, 6) is 1.02. The van der Waals surface area contributed by atoms with Gasteiger partial charge in [0.1, 0.15) is 0 Å². The molecule has 0 atom stereocenters. The summed E-state index contributed by atoms with van der Waals surface area (Å²) < 4.78 is 61.6. The molecule has 1 fully saturated rings. The predicted octanol–water partition coefficient (Wildman–Crippen LogP) is 4.66. The summed E-state index contributed by atoms with van der Waals surface area (Å²) in [6.45, 7) is 3.44. The summed E-state index contributed by atoms with van der Waals surface area (Å²) >= 11 is 0. The lowest BCUT2D eigenvalue weighted by Gasteiger charge is -2.28. The SMILES string of the molecule is CC(C)S(=O)(=O)CC1CCC(CCc2ccc(C(F)(F)F)cn2)CC1. The van der Waals surface area contributed by atoms with Crippen LogP contribution in [0, 0.1) is 11.8 Å². The van der Waals surface area contributed by atoms with Crippen LogP contribution in [0.3, 0.4) is 0 Å². The lowest BCUT2D eigenvalue weighted by atomic mass is 9.80. The van der Waals surface area contributed by atoms with E-state index < -0.39 is 21.6 Å². The second-order valence-corrected chi connectivity index (χ2v) is 9.94. The zero-order valence-electron chi connectivity index (χ0n) is 14.7. The molecule has 0 saturated heterocycles. The molecular weight excluding hydrogens is 351 g/mol. The van der Waals surface area contributed by atoms with E-state index >= 15 is 0 Å². The van der Waals surface area contributed by atoms with Crippen molar-refractivity contribution in [2.75, 3.05) is 5.75 Å². The van der Waals surface area contributed by atoms with Gasteiger partial charge in [-0.25, -0.2) is 8.42 Å². The van der Waals surface area contributed by atoms with Gasteiger partial charge in [0, 0.05) is 11.9 Å². The molecule has 0 spiro atoms. The minimum Gasteiger partial charge on any atom is -0.261 e. The number of hydrogen-bond donors (Lipinski definition) is 0. The van der Waals surface area contributed by atoms with E-state index in [1.165, 1.54) is 6.07 Å². The minimum absolute atomic E-state index is 0.243. The van der Waals surface area contributed by atoms with Crippen molar-refractivity contribution in [3.63, 3.8) is 0 Å². The molecule has 3 nitrogen and oxygen atoms in total. The lowest BCUT2D eigenvalue weighted by molar-refractivity contribution is -0.137. The molecule has 1 aliphatic rings. The summed E-state index contributed by atoms with van der Waals surface area (Å²) in [5, 5.41) is -0.323. The summed E-state index contributed by atoms with van der Waals surface area (Å²) in [5.41, 5.74) is -0.0411. The van der Waals surface area contributed by atoms with E-state index in [1.54, 1.807) is 13.8 Å². The Morgan fingerprint density at radius 3 is 2.20 bits per heavy atom. The van der Waals surface area contributed by atoms with E-state index in [4.69, 9.17) is 0 Å². The number of aromatic nitrogens is 1. The van der Waals surface area contributed by atoms with Gasteiger partial charge in [-0.3, -0.25) is 4.98 Å². The van der Waals surface area contributed by atoms with Crippen molar-refractivity contribution in [3.05, 3.63) is 29.6 Å². The molecule has 7 heteroatoms. The average Bonchev–Trinajstić information content (AvgIpc) is 2.53. The van der Waals surface area contributed by atoms with Crippen LogP contribution in [0.4, 0.5) is 13.2 Å². The maximum atomic E-state index is 12.5. The van der Waals surface area contributed by atoms with Crippen LogP contribution >= 0.6 is 0 Å². The normalized spacial score (nSPS) is 22.3. The van der Waals surface area contributed by atoms with Crippen molar-refractivity contribution in [1.82, 2.24) is 4.98 Å². The molecule has 1 aromatic rings. The van der Waals surface area contributed by atoms with Gasteiger partial charge in [-0.15, -0.1) is 0 Å². The first-order valence-corrected chi connectivity index (χ1v) is 10.5. The summed E-state index contributed by atoms with van der Waals surface area (Å²) in [6.07, 6.45) is 1.90. The Morgan fingerprint density at radius 2 is 1.72 bits per heavy atom. The number of sulfone groups is 1. The van der Waals surface area contributed by atoms with Crippen LogP contribution in [-0.4, -0.2) is 24.4 Å². The van der Waals surface area contributed by atoms with Crippen LogP contribution in [0.15, 0.2) is 18.3 Å². The Hall–Kier alpha value is -1.11. The highest BCUT2D eigenvalue weighted by Crippen LogP contribution is 2.33. The van der Waals surface area contributed by atoms with Crippen molar-refractivity contribution in [3.8, 4) is 0 Å². The highest BCUT2D eigenvalue weighted by Gasteiger charge is 2.31. The first-order chi connectivity index (χ1) is 11.6. The van der Waals surface area contributed by atoms with Crippen molar-refractivity contribution in [1.29, 1.82) is 0 Å². The van der Waals surface area contributed by atoms with Gasteiger partial charge in [0.05, 0.1) is 16.6 Å². The zero-order valence-corrected chi connectivity index (χ0v) is 15.5. The number of hydrogen-bond acceptors (Lipinski definition) is 3. The Morgan fingerprint density at radius 1 is 1.12 bits per heavy atom. The fourth-order valence-corrected chi connectivity index (χ4v) is 4.68. The standard InChI is InChI=1S/C18H26F3NO2S/c1-13(2)25(23,24)12-15-5-3-14(4-6-15)7-9-17-10-8-16(11-22-17)18(19,20)21/h8,10-11,13-15H,3-7,9,12H2,1-2H3. The molecule has 1 aromatic heterocycles. The number of pyridine rings is 1. The number of aryl methyl sites for hydroxylation is 1. The van der Waals surface area contributed by atoms with Crippen LogP contribution < -0.4 is 0 Å². The fourth-order valence-electron chi connectivity index (χ4n) is 3.30. The monoisotopic (exact) mass is 377 g/mol. The predicted molar refractivity (Wildman–Crippen MR) is 91.9 cm³/mol. The molecule has 2 rings (SSSR count). The van der Waals surface area contributed by atoms with E-state index in [2.05, 4.69) is 4.98 Å². The Labute approximate surface area is 148 Å². The van der Waals surface area contributed by atoms with Gasteiger partial charge >= 0.3 is 6.18 Å². The maximum Gasteiger partial charge on any atom is 0.417 e. The average molecular weight is 377 g/mol. The van der Waals surface area contributed by atoms with Crippen molar-refractivity contribution >= 4 is 9.84 Å². The second-order valence-electron chi connectivity index (χ2n) is 7.34. The quantitative estimate of drug-likeness (QED) is 0.724. The third-order valence-corrected chi connectivity index (χ3v) is 7.49. The van der Waals surface area contributed by atoms with Gasteiger partial charge < -0.3 is 0 Å². The number of nitrogens with zero attached hydrogens (tertiary/aromatic N) is 1. The van der Waals surface area contributed by atoms with Crippen LogP contribution in [0.2, 0.25) is 0 Å². The molecule has 25 heavy (non-hydrogen) atoms. The third kappa shape index (κ3) is 5.97. The summed E-state index contributed by atoms with van der Waals surface area (Å²) in [6, 6.07) is 2.53. The van der Waals surface area contributed by atoms with Gasteiger partial charge in [-0.1, -0.05) is 12.8 Å². The third-order valence-electron chi connectivity index (χ3n) is 5.11. The molecular formula is C18H26F3NO2S. The van der Waals surface area contributed by atoms with Crippen molar-refractivity contribution in [2.45, 2.75) is 63.8 Å². The van der Waals surface area contributed by atoms with Crippen LogP contribution in [0.25, 0.3) is 0 Å². The van der Waals surface area contributed by atoms with Crippen LogP contribution in [0.5, 0.6) is 0 Å².